The zero-order valence-corrected chi connectivity index (χ0v) is 9.76. The minimum Gasteiger partial charge on any atom is -0.298 e. The van der Waals surface area contributed by atoms with E-state index >= 15 is 0 Å². The van der Waals surface area contributed by atoms with Gasteiger partial charge in [-0.3, -0.25) is 9.69 Å². The molecule has 2 heteroatoms. The van der Waals surface area contributed by atoms with E-state index in [-0.39, 0.29) is 5.54 Å². The summed E-state index contributed by atoms with van der Waals surface area (Å²) < 4.78 is 0. The van der Waals surface area contributed by atoms with Crippen LogP contribution in [0.3, 0.4) is 0 Å². The van der Waals surface area contributed by atoms with Crippen LogP contribution < -0.4 is 0 Å². The molecule has 1 atom stereocenters. The van der Waals surface area contributed by atoms with Gasteiger partial charge in [0.2, 0.25) is 0 Å². The monoisotopic (exact) mass is 195 g/mol. The number of Topliss-reactive ketones (excluding diaryl/α,β-unsaturated/α-hetero) is 1. The Balaban J connectivity index is 2.83. The maximum atomic E-state index is 11.9. The van der Waals surface area contributed by atoms with Crippen LogP contribution in [0.4, 0.5) is 0 Å². The molecule has 0 aromatic heterocycles. The number of ketones is 1. The first-order chi connectivity index (χ1) is 6.49. The summed E-state index contributed by atoms with van der Waals surface area (Å²) in [6.07, 6.45) is 5.88. The van der Waals surface area contributed by atoms with Crippen molar-refractivity contribution in [2.24, 2.45) is 0 Å². The minimum atomic E-state index is -0.197. The van der Waals surface area contributed by atoms with Crippen molar-refractivity contribution in [1.82, 2.24) is 4.90 Å². The van der Waals surface area contributed by atoms with Crippen LogP contribution in [0.25, 0.3) is 0 Å². The van der Waals surface area contributed by atoms with E-state index < -0.39 is 0 Å². The summed E-state index contributed by atoms with van der Waals surface area (Å²) in [6.45, 7) is 4.17. The molecule has 0 saturated heterocycles. The van der Waals surface area contributed by atoms with Crippen molar-refractivity contribution in [3.8, 4) is 0 Å². The number of carbonyl (C=O) groups is 1. The summed E-state index contributed by atoms with van der Waals surface area (Å²) in [5.74, 6) is 0.417. The lowest BCUT2D eigenvalue weighted by atomic mass is 9.90. The Morgan fingerprint density at radius 2 is 2.14 bits per heavy atom. The molecule has 2 nitrogen and oxygen atoms in total. The van der Waals surface area contributed by atoms with E-state index in [2.05, 4.69) is 24.8 Å². The molecule has 1 rings (SSSR count). The van der Waals surface area contributed by atoms with Crippen LogP contribution in [0.1, 0.15) is 39.5 Å². The van der Waals surface area contributed by atoms with Gasteiger partial charge in [0, 0.05) is 6.42 Å². The maximum Gasteiger partial charge on any atom is 0.153 e. The van der Waals surface area contributed by atoms with Crippen LogP contribution in [0.15, 0.2) is 11.6 Å². The number of nitrogens with zero attached hydrogens (tertiary/aromatic N) is 1. The van der Waals surface area contributed by atoms with E-state index in [1.165, 1.54) is 5.57 Å². The van der Waals surface area contributed by atoms with Crippen molar-refractivity contribution in [2.45, 2.75) is 45.1 Å². The second kappa shape index (κ2) is 4.26. The highest BCUT2D eigenvalue weighted by Crippen LogP contribution is 2.34. The summed E-state index contributed by atoms with van der Waals surface area (Å²) in [5.41, 5.74) is 1.10. The Bertz CT molecular complexity index is 251. The summed E-state index contributed by atoms with van der Waals surface area (Å²) in [6, 6.07) is 0. The fourth-order valence-corrected chi connectivity index (χ4v) is 2.16. The van der Waals surface area contributed by atoms with E-state index in [0.717, 1.165) is 25.7 Å². The normalized spacial score (nSPS) is 27.1. The highest BCUT2D eigenvalue weighted by atomic mass is 16.1. The van der Waals surface area contributed by atoms with Gasteiger partial charge < -0.3 is 0 Å². The Hall–Kier alpha value is -0.630. The highest BCUT2D eigenvalue weighted by Gasteiger charge is 2.42. The average molecular weight is 195 g/mol. The fourth-order valence-electron chi connectivity index (χ4n) is 2.16. The smallest absolute Gasteiger partial charge is 0.153 e. The van der Waals surface area contributed by atoms with Gasteiger partial charge >= 0.3 is 0 Å². The summed E-state index contributed by atoms with van der Waals surface area (Å²) in [7, 11) is 4.03. The number of rotatable bonds is 3. The molecule has 14 heavy (non-hydrogen) atoms. The molecule has 0 heterocycles. The first kappa shape index (κ1) is 11.4. The number of allylic oxidation sites excluding steroid dienone is 1. The number of carbonyl (C=O) groups excluding carboxylic acids is 1. The molecule has 80 valence electrons. The van der Waals surface area contributed by atoms with Crippen molar-refractivity contribution in [3.63, 3.8) is 0 Å². The third kappa shape index (κ3) is 2.06. The lowest BCUT2D eigenvalue weighted by Crippen LogP contribution is -2.47. The molecule has 1 aliphatic carbocycles. The molecule has 0 spiro atoms. The summed E-state index contributed by atoms with van der Waals surface area (Å²) in [4.78, 5) is 14.0. The van der Waals surface area contributed by atoms with Crippen LogP contribution in [-0.4, -0.2) is 30.3 Å². The van der Waals surface area contributed by atoms with Crippen LogP contribution in [0.5, 0.6) is 0 Å². The van der Waals surface area contributed by atoms with Crippen LogP contribution in [-0.2, 0) is 4.79 Å². The summed E-state index contributed by atoms with van der Waals surface area (Å²) in [5, 5.41) is 0. The van der Waals surface area contributed by atoms with Gasteiger partial charge in [-0.1, -0.05) is 11.6 Å². The van der Waals surface area contributed by atoms with Gasteiger partial charge in [-0.15, -0.1) is 0 Å². The number of hydrogen-bond acceptors (Lipinski definition) is 2. The van der Waals surface area contributed by atoms with Crippen molar-refractivity contribution in [2.75, 3.05) is 14.1 Å². The molecule has 0 aromatic carbocycles. The molecule has 0 bridgehead atoms. The van der Waals surface area contributed by atoms with E-state index in [1.807, 2.05) is 14.1 Å². The largest absolute Gasteiger partial charge is 0.298 e. The van der Waals surface area contributed by atoms with E-state index in [1.54, 1.807) is 0 Å². The molecule has 1 aliphatic rings. The fraction of sp³-hybridized carbons (Fsp3) is 0.750. The van der Waals surface area contributed by atoms with Crippen LogP contribution >= 0.6 is 0 Å². The van der Waals surface area contributed by atoms with Gasteiger partial charge in [0.05, 0.1) is 5.54 Å². The van der Waals surface area contributed by atoms with Gasteiger partial charge in [0.15, 0.2) is 5.78 Å². The Morgan fingerprint density at radius 1 is 1.50 bits per heavy atom. The van der Waals surface area contributed by atoms with Crippen molar-refractivity contribution >= 4 is 5.78 Å². The van der Waals surface area contributed by atoms with Gasteiger partial charge in [-0.25, -0.2) is 0 Å². The Labute approximate surface area is 87.0 Å². The second-order valence-corrected chi connectivity index (χ2v) is 4.69. The van der Waals surface area contributed by atoms with Crippen molar-refractivity contribution in [1.29, 1.82) is 0 Å². The third-order valence-electron chi connectivity index (χ3n) is 3.22. The van der Waals surface area contributed by atoms with E-state index in [0.29, 0.717) is 5.78 Å². The molecular weight excluding hydrogens is 174 g/mol. The molecule has 0 aromatic rings. The molecular formula is C12H21NO. The molecule has 0 N–H and O–H groups in total. The predicted molar refractivity (Wildman–Crippen MR) is 59.3 cm³/mol. The second-order valence-electron chi connectivity index (χ2n) is 4.69. The van der Waals surface area contributed by atoms with Gasteiger partial charge in [-0.05, 0) is 47.2 Å². The highest BCUT2D eigenvalue weighted by molar-refractivity contribution is 5.90. The van der Waals surface area contributed by atoms with Gasteiger partial charge in [0.25, 0.3) is 0 Å². The predicted octanol–water partition coefficient (Wildman–Crippen LogP) is 2.40. The Kier molecular flexibility index (Phi) is 3.48. The molecule has 1 unspecified atom stereocenters. The third-order valence-corrected chi connectivity index (χ3v) is 3.22. The van der Waals surface area contributed by atoms with E-state index in [4.69, 9.17) is 0 Å². The SMILES string of the molecule is CC(C)=CCC1(N(C)C)CCCC1=O. The number of likely N-dealkylation sites (N-methyl/N-ethyl adjacent to an activating group) is 1. The number of hydrogen-bond donors (Lipinski definition) is 0. The maximum absolute atomic E-state index is 11.9. The van der Waals surface area contributed by atoms with E-state index in [9.17, 15) is 4.79 Å². The molecule has 0 aliphatic heterocycles. The van der Waals surface area contributed by atoms with Gasteiger partial charge in [-0.2, -0.15) is 0 Å². The first-order valence-electron chi connectivity index (χ1n) is 5.33. The summed E-state index contributed by atoms with van der Waals surface area (Å²) >= 11 is 0. The minimum absolute atomic E-state index is 0.197. The van der Waals surface area contributed by atoms with Gasteiger partial charge in [0.1, 0.15) is 0 Å². The first-order valence-corrected chi connectivity index (χ1v) is 5.33. The zero-order chi connectivity index (χ0) is 10.8. The molecule has 0 radical (unpaired) electrons. The molecule has 1 fully saturated rings. The van der Waals surface area contributed by atoms with Crippen LogP contribution in [0.2, 0.25) is 0 Å². The van der Waals surface area contributed by atoms with Crippen molar-refractivity contribution in [3.05, 3.63) is 11.6 Å². The average Bonchev–Trinajstić information content (AvgIpc) is 2.44. The molecule has 0 amide bonds. The lowest BCUT2D eigenvalue weighted by Gasteiger charge is -2.33. The van der Waals surface area contributed by atoms with Crippen molar-refractivity contribution < 1.29 is 4.79 Å². The quantitative estimate of drug-likeness (QED) is 0.644. The van der Waals surface area contributed by atoms with Crippen LogP contribution in [0, 0.1) is 0 Å². The standard InChI is InChI=1S/C12H21NO/c1-10(2)7-9-12(13(3)4)8-5-6-11(12)14/h7H,5-6,8-9H2,1-4H3. The lowest BCUT2D eigenvalue weighted by molar-refractivity contribution is -0.126. The topological polar surface area (TPSA) is 20.3 Å². The Morgan fingerprint density at radius 3 is 2.50 bits per heavy atom. The molecule has 1 saturated carbocycles. The zero-order valence-electron chi connectivity index (χ0n) is 9.76.